The molecule has 0 spiro atoms. The zero-order chi connectivity index (χ0) is 14.7. The van der Waals surface area contributed by atoms with Crippen molar-refractivity contribution in [2.45, 2.75) is 30.7 Å². The van der Waals surface area contributed by atoms with Crippen molar-refractivity contribution in [3.8, 4) is 0 Å². The topological polar surface area (TPSA) is 116 Å². The van der Waals surface area contributed by atoms with Crippen LogP contribution in [0.1, 0.15) is 10.4 Å². The predicted molar refractivity (Wildman–Crippen MR) is 65.6 cm³/mol. The molecular weight excluding hydrogens is 268 g/mol. The van der Waals surface area contributed by atoms with Gasteiger partial charge >= 0.3 is 5.97 Å². The van der Waals surface area contributed by atoms with Gasteiger partial charge in [-0.3, -0.25) is 0 Å². The molecule has 7 heteroatoms. The highest BCUT2D eigenvalue weighted by Gasteiger charge is 2.45. The zero-order valence-corrected chi connectivity index (χ0v) is 10.5. The van der Waals surface area contributed by atoms with E-state index in [4.69, 9.17) is 14.6 Å². The van der Waals surface area contributed by atoms with Crippen LogP contribution in [0.3, 0.4) is 0 Å². The minimum absolute atomic E-state index is 0.254. The Morgan fingerprint density at radius 1 is 1.10 bits per heavy atom. The van der Waals surface area contributed by atoms with E-state index in [0.717, 1.165) is 0 Å². The Balaban J connectivity index is 2.06. The molecule has 1 saturated heterocycles. The van der Waals surface area contributed by atoms with Crippen molar-refractivity contribution in [1.29, 1.82) is 0 Å². The molecule has 0 bridgehead atoms. The predicted octanol–water partition coefficient (Wildman–Crippen LogP) is -1.36. The third-order valence-corrected chi connectivity index (χ3v) is 3.08. The Bertz CT molecular complexity index is 447. The third-order valence-electron chi connectivity index (χ3n) is 3.08. The number of benzene rings is 1. The molecule has 7 nitrogen and oxygen atoms in total. The highest BCUT2D eigenvalue weighted by atomic mass is 16.7. The van der Waals surface area contributed by atoms with Crippen LogP contribution in [0, 0.1) is 0 Å². The molecule has 1 aromatic rings. The summed E-state index contributed by atoms with van der Waals surface area (Å²) in [7, 11) is 0. The van der Waals surface area contributed by atoms with E-state index in [1.165, 1.54) is 12.1 Å². The van der Waals surface area contributed by atoms with Crippen LogP contribution in [0.15, 0.2) is 30.3 Å². The molecule has 0 aromatic heterocycles. The molecule has 1 fully saturated rings. The number of carbonyl (C=O) groups is 1. The molecule has 1 aliphatic heterocycles. The highest BCUT2D eigenvalue weighted by molar-refractivity contribution is 5.89. The smallest absolute Gasteiger partial charge is 0.340 e. The van der Waals surface area contributed by atoms with Crippen LogP contribution in [-0.4, -0.2) is 63.7 Å². The van der Waals surface area contributed by atoms with Crippen molar-refractivity contribution in [1.82, 2.24) is 0 Å². The first-order chi connectivity index (χ1) is 9.54. The summed E-state index contributed by atoms with van der Waals surface area (Å²) >= 11 is 0. The molecule has 4 N–H and O–H groups in total. The number of aliphatic hydroxyl groups excluding tert-OH is 4. The second kappa shape index (κ2) is 6.29. The molecule has 110 valence electrons. The van der Waals surface area contributed by atoms with Gasteiger partial charge in [-0.1, -0.05) is 18.2 Å². The van der Waals surface area contributed by atoms with E-state index < -0.39 is 43.3 Å². The number of hydrogen-bond donors (Lipinski definition) is 4. The SMILES string of the molecule is O=C(O[C@H]1O[C@H](CO)[C@@H](O)[C@H](O)[C@@H]1O)c1ccccc1. The van der Waals surface area contributed by atoms with E-state index in [1.807, 2.05) is 0 Å². The molecule has 1 heterocycles. The second-order valence-electron chi connectivity index (χ2n) is 4.47. The minimum Gasteiger partial charge on any atom is -0.429 e. The molecule has 0 aliphatic carbocycles. The van der Waals surface area contributed by atoms with Crippen molar-refractivity contribution in [2.24, 2.45) is 0 Å². The third kappa shape index (κ3) is 2.97. The molecule has 0 amide bonds. The van der Waals surface area contributed by atoms with Crippen molar-refractivity contribution < 1.29 is 34.7 Å². The fourth-order valence-electron chi connectivity index (χ4n) is 1.91. The van der Waals surface area contributed by atoms with E-state index in [-0.39, 0.29) is 5.56 Å². The fourth-order valence-corrected chi connectivity index (χ4v) is 1.91. The van der Waals surface area contributed by atoms with E-state index >= 15 is 0 Å². The van der Waals surface area contributed by atoms with E-state index in [9.17, 15) is 20.1 Å². The Hall–Kier alpha value is -1.51. The van der Waals surface area contributed by atoms with Gasteiger partial charge in [0.25, 0.3) is 0 Å². The number of ether oxygens (including phenoxy) is 2. The fraction of sp³-hybridized carbons (Fsp3) is 0.462. The summed E-state index contributed by atoms with van der Waals surface area (Å²) in [4.78, 5) is 11.8. The van der Waals surface area contributed by atoms with Crippen molar-refractivity contribution in [3.05, 3.63) is 35.9 Å². The first-order valence-electron chi connectivity index (χ1n) is 6.11. The lowest BCUT2D eigenvalue weighted by atomic mass is 9.99. The Labute approximate surface area is 115 Å². The molecule has 1 aromatic carbocycles. The van der Waals surface area contributed by atoms with Gasteiger partial charge < -0.3 is 29.9 Å². The average Bonchev–Trinajstić information content (AvgIpc) is 2.48. The lowest BCUT2D eigenvalue weighted by molar-refractivity contribution is -0.285. The quantitative estimate of drug-likeness (QED) is 0.507. The summed E-state index contributed by atoms with van der Waals surface area (Å²) in [6.45, 7) is -0.579. The molecule has 2 rings (SSSR count). The summed E-state index contributed by atoms with van der Waals surface area (Å²) in [6.07, 6.45) is -7.23. The molecular formula is C13H16O7. The second-order valence-corrected chi connectivity index (χ2v) is 4.47. The summed E-state index contributed by atoms with van der Waals surface area (Å²) in [5.74, 6) is -0.741. The summed E-state index contributed by atoms with van der Waals surface area (Å²) < 4.78 is 10.0. The van der Waals surface area contributed by atoms with Gasteiger partial charge in [0.1, 0.15) is 24.4 Å². The van der Waals surface area contributed by atoms with Gasteiger partial charge in [0.2, 0.25) is 6.29 Å². The first-order valence-corrected chi connectivity index (χ1v) is 6.11. The average molecular weight is 284 g/mol. The number of aliphatic hydroxyl groups is 4. The first kappa shape index (κ1) is 14.9. The lowest BCUT2D eigenvalue weighted by Gasteiger charge is -2.39. The van der Waals surface area contributed by atoms with Crippen LogP contribution in [0.5, 0.6) is 0 Å². The maximum Gasteiger partial charge on any atom is 0.340 e. The van der Waals surface area contributed by atoms with Gasteiger partial charge in [0.05, 0.1) is 12.2 Å². The monoisotopic (exact) mass is 284 g/mol. The van der Waals surface area contributed by atoms with Gasteiger partial charge in [0, 0.05) is 0 Å². The summed E-state index contributed by atoms with van der Waals surface area (Å²) in [5, 5.41) is 37.9. The van der Waals surface area contributed by atoms with Crippen LogP contribution in [0.4, 0.5) is 0 Å². The largest absolute Gasteiger partial charge is 0.429 e. The minimum atomic E-state index is -1.60. The summed E-state index contributed by atoms with van der Waals surface area (Å²) in [5.41, 5.74) is 0.254. The van der Waals surface area contributed by atoms with Crippen LogP contribution >= 0.6 is 0 Å². The normalized spacial score (nSPS) is 33.7. The van der Waals surface area contributed by atoms with Gasteiger partial charge in [-0.25, -0.2) is 4.79 Å². The number of hydrogen-bond acceptors (Lipinski definition) is 7. The maximum atomic E-state index is 11.8. The van der Waals surface area contributed by atoms with Gasteiger partial charge in [-0.2, -0.15) is 0 Å². The van der Waals surface area contributed by atoms with Crippen LogP contribution in [0.25, 0.3) is 0 Å². The molecule has 1 aliphatic rings. The van der Waals surface area contributed by atoms with Crippen LogP contribution in [-0.2, 0) is 9.47 Å². The van der Waals surface area contributed by atoms with Gasteiger partial charge in [0.15, 0.2) is 0 Å². The van der Waals surface area contributed by atoms with Gasteiger partial charge in [-0.15, -0.1) is 0 Å². The van der Waals surface area contributed by atoms with Crippen molar-refractivity contribution >= 4 is 5.97 Å². The molecule has 0 saturated carbocycles. The number of esters is 1. The Morgan fingerprint density at radius 3 is 2.35 bits per heavy atom. The van der Waals surface area contributed by atoms with E-state index in [1.54, 1.807) is 18.2 Å². The van der Waals surface area contributed by atoms with Crippen LogP contribution < -0.4 is 0 Å². The standard InChI is InChI=1S/C13H16O7/c14-6-8-9(15)10(16)11(17)13(19-8)20-12(18)7-4-2-1-3-5-7/h1-5,8-11,13-17H,6H2/t8-,9-,10+,11+,13-/m1/s1. The summed E-state index contributed by atoms with van der Waals surface area (Å²) in [6, 6.07) is 8.05. The number of rotatable bonds is 3. The van der Waals surface area contributed by atoms with Crippen molar-refractivity contribution in [2.75, 3.05) is 6.61 Å². The van der Waals surface area contributed by atoms with Crippen molar-refractivity contribution in [3.63, 3.8) is 0 Å². The molecule has 0 radical (unpaired) electrons. The Kier molecular flexibility index (Phi) is 4.69. The van der Waals surface area contributed by atoms with Gasteiger partial charge in [-0.05, 0) is 12.1 Å². The zero-order valence-electron chi connectivity index (χ0n) is 10.5. The number of carbonyl (C=O) groups excluding carboxylic acids is 1. The van der Waals surface area contributed by atoms with E-state index in [0.29, 0.717) is 0 Å². The van der Waals surface area contributed by atoms with E-state index in [2.05, 4.69) is 0 Å². The maximum absolute atomic E-state index is 11.8. The lowest BCUT2D eigenvalue weighted by Crippen LogP contribution is -2.59. The molecule has 0 unspecified atom stereocenters. The molecule has 5 atom stereocenters. The highest BCUT2D eigenvalue weighted by Crippen LogP contribution is 2.22. The molecule has 20 heavy (non-hydrogen) atoms. The van der Waals surface area contributed by atoms with Crippen LogP contribution in [0.2, 0.25) is 0 Å². The Morgan fingerprint density at radius 2 is 1.75 bits per heavy atom.